The Morgan fingerprint density at radius 3 is 2.40 bits per heavy atom. The number of hydrogen-bond donors (Lipinski definition) is 0. The van der Waals surface area contributed by atoms with E-state index in [9.17, 15) is 0 Å². The van der Waals surface area contributed by atoms with Crippen molar-refractivity contribution < 1.29 is 0 Å². The van der Waals surface area contributed by atoms with Gasteiger partial charge >= 0.3 is 0 Å². The Labute approximate surface area is 97.4 Å². The summed E-state index contributed by atoms with van der Waals surface area (Å²) in [7, 11) is 2.05. The fraction of sp³-hybridized carbons (Fsp3) is 0.385. The molecule has 1 rings (SSSR count). The fourth-order valence-electron chi connectivity index (χ4n) is 1.46. The maximum atomic E-state index is 5.70. The fourth-order valence-corrected chi connectivity index (χ4v) is 1.54. The zero-order valence-corrected chi connectivity index (χ0v) is 10.2. The van der Waals surface area contributed by atoms with Gasteiger partial charge in [0.2, 0.25) is 0 Å². The first-order valence-corrected chi connectivity index (χ1v) is 5.73. The van der Waals surface area contributed by atoms with E-state index in [0.717, 1.165) is 18.5 Å². The SMILES string of the molecule is C=C(CCl)CN(C)c1ccc(CC)cc1. The van der Waals surface area contributed by atoms with Crippen molar-refractivity contribution in [2.75, 3.05) is 24.4 Å². The first-order valence-electron chi connectivity index (χ1n) is 5.20. The number of benzene rings is 1. The molecule has 1 nitrogen and oxygen atoms in total. The van der Waals surface area contributed by atoms with Crippen molar-refractivity contribution in [3.63, 3.8) is 0 Å². The summed E-state index contributed by atoms with van der Waals surface area (Å²) in [6, 6.07) is 8.60. The van der Waals surface area contributed by atoms with Gasteiger partial charge < -0.3 is 4.90 Å². The molecule has 0 radical (unpaired) electrons. The Morgan fingerprint density at radius 1 is 1.33 bits per heavy atom. The maximum Gasteiger partial charge on any atom is 0.0448 e. The molecule has 2 heteroatoms. The van der Waals surface area contributed by atoms with Crippen LogP contribution in [0, 0.1) is 0 Å². The molecule has 1 aromatic carbocycles. The van der Waals surface area contributed by atoms with Crippen LogP contribution < -0.4 is 4.90 Å². The molecule has 0 aromatic heterocycles. The van der Waals surface area contributed by atoms with Crippen molar-refractivity contribution in [1.82, 2.24) is 0 Å². The lowest BCUT2D eigenvalue weighted by molar-refractivity contribution is 0.985. The number of aryl methyl sites for hydroxylation is 1. The van der Waals surface area contributed by atoms with Gasteiger partial charge in [0.15, 0.2) is 0 Å². The highest BCUT2D eigenvalue weighted by Gasteiger charge is 2.01. The molecule has 0 bridgehead atoms. The molecule has 0 heterocycles. The molecule has 0 spiro atoms. The summed E-state index contributed by atoms with van der Waals surface area (Å²) in [5, 5.41) is 0. The second kappa shape index (κ2) is 5.82. The van der Waals surface area contributed by atoms with Crippen LogP contribution >= 0.6 is 11.6 Å². The molecule has 15 heavy (non-hydrogen) atoms. The van der Waals surface area contributed by atoms with Crippen LogP contribution in [0.15, 0.2) is 36.4 Å². The van der Waals surface area contributed by atoms with Crippen molar-refractivity contribution in [3.05, 3.63) is 42.0 Å². The second-order valence-electron chi connectivity index (χ2n) is 3.76. The van der Waals surface area contributed by atoms with Crippen molar-refractivity contribution in [2.45, 2.75) is 13.3 Å². The van der Waals surface area contributed by atoms with Gasteiger partial charge in [-0.25, -0.2) is 0 Å². The predicted molar refractivity (Wildman–Crippen MR) is 69.0 cm³/mol. The van der Waals surface area contributed by atoms with Gasteiger partial charge in [-0.3, -0.25) is 0 Å². The minimum Gasteiger partial charge on any atom is -0.371 e. The normalized spacial score (nSPS) is 10.1. The molecule has 0 aliphatic heterocycles. The van der Waals surface area contributed by atoms with Crippen LogP contribution in [0.1, 0.15) is 12.5 Å². The van der Waals surface area contributed by atoms with Gasteiger partial charge in [-0.2, -0.15) is 0 Å². The Morgan fingerprint density at radius 2 is 1.93 bits per heavy atom. The summed E-state index contributed by atoms with van der Waals surface area (Å²) in [5.41, 5.74) is 3.61. The summed E-state index contributed by atoms with van der Waals surface area (Å²) >= 11 is 5.70. The zero-order valence-electron chi connectivity index (χ0n) is 9.46. The number of rotatable bonds is 5. The zero-order chi connectivity index (χ0) is 11.3. The van der Waals surface area contributed by atoms with Crippen LogP contribution in [0.3, 0.4) is 0 Å². The summed E-state index contributed by atoms with van der Waals surface area (Å²) < 4.78 is 0. The van der Waals surface area contributed by atoms with E-state index in [1.165, 1.54) is 11.3 Å². The number of alkyl halides is 1. The summed E-state index contributed by atoms with van der Waals surface area (Å²) in [6.45, 7) is 6.87. The number of anilines is 1. The average molecular weight is 224 g/mol. The molecule has 82 valence electrons. The lowest BCUT2D eigenvalue weighted by Crippen LogP contribution is -2.20. The van der Waals surface area contributed by atoms with E-state index < -0.39 is 0 Å². The number of hydrogen-bond acceptors (Lipinski definition) is 1. The Kier molecular flexibility index (Phi) is 4.70. The van der Waals surface area contributed by atoms with E-state index in [0.29, 0.717) is 5.88 Å². The van der Waals surface area contributed by atoms with Crippen LogP contribution in [-0.2, 0) is 6.42 Å². The first kappa shape index (κ1) is 12.1. The quantitative estimate of drug-likeness (QED) is 0.546. The molecular weight excluding hydrogens is 206 g/mol. The van der Waals surface area contributed by atoms with Crippen molar-refractivity contribution in [3.8, 4) is 0 Å². The lowest BCUT2D eigenvalue weighted by atomic mass is 10.1. The molecule has 0 saturated carbocycles. The Hall–Kier alpha value is -0.950. The van der Waals surface area contributed by atoms with Gasteiger partial charge in [0.05, 0.1) is 0 Å². The molecular formula is C13H18ClN. The van der Waals surface area contributed by atoms with Crippen LogP contribution in [0.25, 0.3) is 0 Å². The van der Waals surface area contributed by atoms with Crippen molar-refractivity contribution >= 4 is 17.3 Å². The van der Waals surface area contributed by atoms with Gasteiger partial charge in [-0.05, 0) is 29.7 Å². The molecule has 0 aliphatic rings. The largest absolute Gasteiger partial charge is 0.371 e. The van der Waals surface area contributed by atoms with E-state index in [4.69, 9.17) is 11.6 Å². The van der Waals surface area contributed by atoms with Gasteiger partial charge in [-0.1, -0.05) is 25.6 Å². The van der Waals surface area contributed by atoms with Gasteiger partial charge in [0, 0.05) is 25.2 Å². The smallest absolute Gasteiger partial charge is 0.0448 e. The minimum absolute atomic E-state index is 0.525. The van der Waals surface area contributed by atoms with E-state index in [1.807, 2.05) is 0 Å². The second-order valence-corrected chi connectivity index (χ2v) is 4.03. The summed E-state index contributed by atoms with van der Waals surface area (Å²) in [5.74, 6) is 0.525. The topological polar surface area (TPSA) is 3.24 Å². The summed E-state index contributed by atoms with van der Waals surface area (Å²) in [6.07, 6.45) is 1.08. The van der Waals surface area contributed by atoms with E-state index in [-0.39, 0.29) is 0 Å². The molecule has 0 aliphatic carbocycles. The monoisotopic (exact) mass is 223 g/mol. The standard InChI is InChI=1S/C13H18ClN/c1-4-12-5-7-13(8-6-12)15(3)10-11(2)9-14/h5-8H,2,4,9-10H2,1,3H3. The van der Waals surface area contributed by atoms with Gasteiger partial charge in [0.1, 0.15) is 0 Å². The lowest BCUT2D eigenvalue weighted by Gasteiger charge is -2.20. The molecule has 0 amide bonds. The maximum absolute atomic E-state index is 5.70. The molecule has 0 fully saturated rings. The van der Waals surface area contributed by atoms with Gasteiger partial charge in [0.25, 0.3) is 0 Å². The number of halogens is 1. The molecule has 1 aromatic rings. The highest BCUT2D eigenvalue weighted by atomic mass is 35.5. The van der Waals surface area contributed by atoms with E-state index in [1.54, 1.807) is 0 Å². The highest BCUT2D eigenvalue weighted by molar-refractivity contribution is 6.19. The number of nitrogens with zero attached hydrogens (tertiary/aromatic N) is 1. The highest BCUT2D eigenvalue weighted by Crippen LogP contribution is 2.15. The van der Waals surface area contributed by atoms with Crippen LogP contribution in [0.2, 0.25) is 0 Å². The van der Waals surface area contributed by atoms with Gasteiger partial charge in [-0.15, -0.1) is 11.6 Å². The number of likely N-dealkylation sites (N-methyl/N-ethyl adjacent to an activating group) is 1. The third kappa shape index (κ3) is 3.60. The molecule has 0 saturated heterocycles. The first-order chi connectivity index (χ1) is 7.17. The third-order valence-electron chi connectivity index (χ3n) is 2.44. The van der Waals surface area contributed by atoms with Crippen molar-refractivity contribution in [2.24, 2.45) is 0 Å². The third-order valence-corrected chi connectivity index (χ3v) is 2.81. The average Bonchev–Trinajstić information content (AvgIpc) is 2.29. The predicted octanol–water partition coefficient (Wildman–Crippen LogP) is 3.48. The van der Waals surface area contributed by atoms with E-state index >= 15 is 0 Å². The minimum atomic E-state index is 0.525. The molecule has 0 unspecified atom stereocenters. The van der Waals surface area contributed by atoms with Crippen LogP contribution in [-0.4, -0.2) is 19.5 Å². The van der Waals surface area contributed by atoms with E-state index in [2.05, 4.69) is 49.7 Å². The molecule has 0 atom stereocenters. The van der Waals surface area contributed by atoms with Crippen LogP contribution in [0.4, 0.5) is 5.69 Å². The molecule has 0 N–H and O–H groups in total. The Bertz CT molecular complexity index is 316. The summed E-state index contributed by atoms with van der Waals surface area (Å²) in [4.78, 5) is 2.16. The van der Waals surface area contributed by atoms with Crippen molar-refractivity contribution in [1.29, 1.82) is 0 Å². The van der Waals surface area contributed by atoms with Crippen LogP contribution in [0.5, 0.6) is 0 Å². The Balaban J connectivity index is 2.65.